The van der Waals surface area contributed by atoms with E-state index >= 15 is 0 Å². The summed E-state index contributed by atoms with van der Waals surface area (Å²) < 4.78 is 13.1. The van der Waals surface area contributed by atoms with Gasteiger partial charge in [0.2, 0.25) is 0 Å². The predicted molar refractivity (Wildman–Crippen MR) is 108 cm³/mol. The zero-order valence-corrected chi connectivity index (χ0v) is 15.8. The number of halogens is 1. The van der Waals surface area contributed by atoms with Crippen molar-refractivity contribution >= 4 is 11.4 Å². The zero-order valence-electron chi connectivity index (χ0n) is 15.8. The first-order chi connectivity index (χ1) is 13.2. The van der Waals surface area contributed by atoms with Crippen LogP contribution in [0.3, 0.4) is 0 Å². The Morgan fingerprint density at radius 3 is 2.19 bits per heavy atom. The van der Waals surface area contributed by atoms with Crippen LogP contribution in [0, 0.1) is 5.82 Å². The Kier molecular flexibility index (Phi) is 5.48. The molecule has 0 saturated carbocycles. The van der Waals surface area contributed by atoms with Gasteiger partial charge >= 0.3 is 0 Å². The molecule has 0 aliphatic carbocycles. The minimum atomic E-state index is -0.187. The first-order valence-electron chi connectivity index (χ1n) is 9.99. The number of hydrogen-bond acceptors (Lipinski definition) is 4. The van der Waals surface area contributed by atoms with E-state index in [1.54, 1.807) is 0 Å². The van der Waals surface area contributed by atoms with Crippen LogP contribution in [0.4, 0.5) is 15.8 Å². The molecule has 0 atom stereocenters. The Hall–Kier alpha value is -2.27. The van der Waals surface area contributed by atoms with E-state index in [0.717, 1.165) is 57.1 Å². The maximum Gasteiger partial charge on any atom is 0.139 e. The van der Waals surface area contributed by atoms with Crippen molar-refractivity contribution < 1.29 is 9.50 Å². The van der Waals surface area contributed by atoms with E-state index in [4.69, 9.17) is 0 Å². The quantitative estimate of drug-likeness (QED) is 0.887. The van der Waals surface area contributed by atoms with Crippen molar-refractivity contribution in [1.82, 2.24) is 4.90 Å². The van der Waals surface area contributed by atoms with Gasteiger partial charge in [0.15, 0.2) is 0 Å². The van der Waals surface area contributed by atoms with E-state index in [1.165, 1.54) is 37.1 Å². The van der Waals surface area contributed by atoms with E-state index < -0.39 is 0 Å². The van der Waals surface area contributed by atoms with Gasteiger partial charge in [-0.25, -0.2) is 4.39 Å². The van der Waals surface area contributed by atoms with Gasteiger partial charge in [0.05, 0.1) is 5.69 Å². The number of piperazine rings is 1. The van der Waals surface area contributed by atoms with Crippen molar-refractivity contribution in [3.8, 4) is 5.75 Å². The standard InChI is InChI=1S/C22H28FN3O/c23-19-6-4-18(5-7-19)17-24-12-14-26(15-13-24)21-16-20(8-9-22(21)27)25-10-2-1-3-11-25/h4-9,16,27H,1-3,10-15,17H2. The summed E-state index contributed by atoms with van der Waals surface area (Å²) in [4.78, 5) is 7.09. The molecule has 0 spiro atoms. The highest BCUT2D eigenvalue weighted by Gasteiger charge is 2.21. The fourth-order valence-electron chi connectivity index (χ4n) is 4.11. The molecule has 0 amide bonds. The van der Waals surface area contributed by atoms with E-state index in [1.807, 2.05) is 24.3 Å². The summed E-state index contributed by atoms with van der Waals surface area (Å²) in [7, 11) is 0. The molecule has 0 radical (unpaired) electrons. The molecular formula is C22H28FN3O. The number of hydrogen-bond donors (Lipinski definition) is 1. The smallest absolute Gasteiger partial charge is 0.139 e. The average molecular weight is 369 g/mol. The molecule has 2 fully saturated rings. The van der Waals surface area contributed by atoms with Crippen LogP contribution in [0.25, 0.3) is 0 Å². The average Bonchev–Trinajstić information content (AvgIpc) is 2.71. The Bertz CT molecular complexity index is 751. The van der Waals surface area contributed by atoms with E-state index in [2.05, 4.69) is 20.8 Å². The van der Waals surface area contributed by atoms with Crippen molar-refractivity contribution in [3.63, 3.8) is 0 Å². The van der Waals surface area contributed by atoms with Crippen LogP contribution in [0.1, 0.15) is 24.8 Å². The lowest BCUT2D eigenvalue weighted by molar-refractivity contribution is 0.249. The first kappa shape index (κ1) is 18.1. The van der Waals surface area contributed by atoms with Crippen LogP contribution >= 0.6 is 0 Å². The second-order valence-electron chi connectivity index (χ2n) is 7.61. The molecule has 0 bridgehead atoms. The van der Waals surface area contributed by atoms with Crippen molar-refractivity contribution in [2.24, 2.45) is 0 Å². The van der Waals surface area contributed by atoms with Crippen molar-refractivity contribution in [2.75, 3.05) is 49.1 Å². The lowest BCUT2D eigenvalue weighted by atomic mass is 10.1. The van der Waals surface area contributed by atoms with Gasteiger partial charge in [-0.3, -0.25) is 4.90 Å². The van der Waals surface area contributed by atoms with Crippen molar-refractivity contribution in [1.29, 1.82) is 0 Å². The minimum absolute atomic E-state index is 0.187. The third-order valence-corrected chi connectivity index (χ3v) is 5.71. The summed E-state index contributed by atoms with van der Waals surface area (Å²) in [6, 6.07) is 12.8. The number of anilines is 2. The molecule has 2 saturated heterocycles. The fourth-order valence-corrected chi connectivity index (χ4v) is 4.11. The lowest BCUT2D eigenvalue weighted by Gasteiger charge is -2.37. The molecule has 2 aliphatic heterocycles. The summed E-state index contributed by atoms with van der Waals surface area (Å²) in [6.45, 7) is 6.70. The normalized spacial score (nSPS) is 18.7. The van der Waals surface area contributed by atoms with Gasteiger partial charge in [0, 0.05) is 51.5 Å². The molecule has 4 rings (SSSR count). The molecule has 27 heavy (non-hydrogen) atoms. The number of phenols is 1. The molecule has 0 aromatic heterocycles. The largest absolute Gasteiger partial charge is 0.506 e. The van der Waals surface area contributed by atoms with Gasteiger partial charge in [-0.15, -0.1) is 0 Å². The highest BCUT2D eigenvalue weighted by atomic mass is 19.1. The highest BCUT2D eigenvalue weighted by molar-refractivity contribution is 5.67. The second kappa shape index (κ2) is 8.17. The zero-order chi connectivity index (χ0) is 18.6. The molecule has 144 valence electrons. The van der Waals surface area contributed by atoms with Crippen LogP contribution in [-0.4, -0.2) is 49.3 Å². The molecule has 0 unspecified atom stereocenters. The third kappa shape index (κ3) is 4.35. The summed E-state index contributed by atoms with van der Waals surface area (Å²) in [5, 5.41) is 10.4. The van der Waals surface area contributed by atoms with Gasteiger partial charge in [-0.1, -0.05) is 12.1 Å². The second-order valence-corrected chi connectivity index (χ2v) is 7.61. The van der Waals surface area contributed by atoms with Crippen LogP contribution in [0.2, 0.25) is 0 Å². The molecule has 2 aromatic rings. The fraction of sp³-hybridized carbons (Fsp3) is 0.455. The number of rotatable bonds is 4. The number of aromatic hydroxyl groups is 1. The highest BCUT2D eigenvalue weighted by Crippen LogP contribution is 2.33. The molecule has 2 aromatic carbocycles. The summed E-state index contributed by atoms with van der Waals surface area (Å²) in [5.74, 6) is 0.176. The Balaban J connectivity index is 1.39. The molecule has 5 heteroatoms. The third-order valence-electron chi connectivity index (χ3n) is 5.71. The SMILES string of the molecule is Oc1ccc(N2CCCCC2)cc1N1CCN(Cc2ccc(F)cc2)CC1. The molecule has 1 N–H and O–H groups in total. The van der Waals surface area contributed by atoms with E-state index in [0.29, 0.717) is 5.75 Å². The van der Waals surface area contributed by atoms with Gasteiger partial charge in [-0.2, -0.15) is 0 Å². The molecule has 4 nitrogen and oxygen atoms in total. The van der Waals surface area contributed by atoms with Gasteiger partial charge in [-0.05, 0) is 55.2 Å². The van der Waals surface area contributed by atoms with Crippen molar-refractivity contribution in [2.45, 2.75) is 25.8 Å². The number of piperidine rings is 1. The number of phenolic OH excluding ortho intramolecular Hbond substituents is 1. The van der Waals surface area contributed by atoms with Crippen LogP contribution in [0.15, 0.2) is 42.5 Å². The topological polar surface area (TPSA) is 30.0 Å². The van der Waals surface area contributed by atoms with E-state index in [-0.39, 0.29) is 5.82 Å². The first-order valence-corrected chi connectivity index (χ1v) is 9.99. The Morgan fingerprint density at radius 2 is 1.48 bits per heavy atom. The van der Waals surface area contributed by atoms with Gasteiger partial charge < -0.3 is 14.9 Å². The Morgan fingerprint density at radius 1 is 0.778 bits per heavy atom. The van der Waals surface area contributed by atoms with Crippen LogP contribution in [-0.2, 0) is 6.54 Å². The van der Waals surface area contributed by atoms with Gasteiger partial charge in [0.1, 0.15) is 11.6 Å². The van der Waals surface area contributed by atoms with Gasteiger partial charge in [0.25, 0.3) is 0 Å². The summed E-state index contributed by atoms with van der Waals surface area (Å²) in [6.07, 6.45) is 3.81. The van der Waals surface area contributed by atoms with Crippen LogP contribution in [0.5, 0.6) is 5.75 Å². The van der Waals surface area contributed by atoms with Crippen LogP contribution < -0.4 is 9.80 Å². The Labute approximate surface area is 160 Å². The maximum atomic E-state index is 13.1. The number of benzene rings is 2. The monoisotopic (exact) mass is 369 g/mol. The lowest BCUT2D eigenvalue weighted by Crippen LogP contribution is -2.46. The molecule has 2 aliphatic rings. The maximum absolute atomic E-state index is 13.1. The minimum Gasteiger partial charge on any atom is -0.506 e. The predicted octanol–water partition coefficient (Wildman–Crippen LogP) is 3.84. The molecule has 2 heterocycles. The summed E-state index contributed by atoms with van der Waals surface area (Å²) >= 11 is 0. The number of nitrogens with zero attached hydrogens (tertiary/aromatic N) is 3. The van der Waals surface area contributed by atoms with E-state index in [9.17, 15) is 9.50 Å². The molecular weight excluding hydrogens is 341 g/mol. The summed E-state index contributed by atoms with van der Waals surface area (Å²) in [5.41, 5.74) is 3.30. The van der Waals surface area contributed by atoms with Crippen molar-refractivity contribution in [3.05, 3.63) is 53.8 Å².